The number of carbonyl (C=O) groups is 1. The minimum absolute atomic E-state index is 0.0672. The Morgan fingerprint density at radius 1 is 1.28 bits per heavy atom. The summed E-state index contributed by atoms with van der Waals surface area (Å²) in [5, 5.41) is 4.02. The Balaban J connectivity index is 1.30. The Morgan fingerprint density at radius 3 is 3.04 bits per heavy atom. The molecule has 2 aromatic rings. The number of fused-ring (bicyclic) bond motifs is 1. The molecule has 1 unspecified atom stereocenters. The zero-order chi connectivity index (χ0) is 17.3. The molecule has 0 aliphatic carbocycles. The third-order valence-electron chi connectivity index (χ3n) is 4.29. The Bertz CT molecular complexity index is 705. The number of hydrogen-bond acceptors (Lipinski definition) is 3. The Labute approximate surface area is 148 Å². The second-order valence-corrected chi connectivity index (χ2v) is 6.31. The van der Waals surface area contributed by atoms with Crippen LogP contribution in [-0.2, 0) is 16.0 Å². The fourth-order valence-corrected chi connectivity index (χ4v) is 2.95. The number of benzene rings is 1. The molecule has 25 heavy (non-hydrogen) atoms. The summed E-state index contributed by atoms with van der Waals surface area (Å²) >= 11 is 0. The van der Waals surface area contributed by atoms with E-state index in [1.54, 1.807) is 12.2 Å². The molecule has 1 aliphatic rings. The number of amides is 1. The van der Waals surface area contributed by atoms with Gasteiger partial charge in [0.15, 0.2) is 0 Å². The molecule has 1 N–H and O–H groups in total. The van der Waals surface area contributed by atoms with Crippen molar-refractivity contribution in [3.63, 3.8) is 0 Å². The normalized spacial score (nSPS) is 17.8. The average Bonchev–Trinajstić information content (AvgIpc) is 3.28. The van der Waals surface area contributed by atoms with Gasteiger partial charge in [-0.1, -0.05) is 36.4 Å². The maximum Gasteiger partial charge on any atom is 0.244 e. The summed E-state index contributed by atoms with van der Waals surface area (Å²) in [5.74, 6) is 0.959. The fraction of sp³-hybridized carbons (Fsp3) is 0.381. The van der Waals surface area contributed by atoms with E-state index < -0.39 is 0 Å². The third-order valence-corrected chi connectivity index (χ3v) is 4.29. The first-order chi connectivity index (χ1) is 12.3. The lowest BCUT2D eigenvalue weighted by Gasteiger charge is -2.08. The molecule has 1 atom stereocenters. The highest BCUT2D eigenvalue weighted by Gasteiger charge is 2.15. The molecule has 1 aromatic carbocycles. The van der Waals surface area contributed by atoms with E-state index in [0.29, 0.717) is 6.54 Å². The summed E-state index contributed by atoms with van der Waals surface area (Å²) in [4.78, 5) is 11.7. The molecule has 4 heteroatoms. The molecule has 1 fully saturated rings. The van der Waals surface area contributed by atoms with Gasteiger partial charge in [-0.05, 0) is 37.8 Å². The highest BCUT2D eigenvalue weighted by molar-refractivity contribution is 5.87. The summed E-state index contributed by atoms with van der Waals surface area (Å²) in [6.07, 6.45) is 12.6. The van der Waals surface area contributed by atoms with Crippen molar-refractivity contribution in [2.24, 2.45) is 0 Å². The quantitative estimate of drug-likeness (QED) is 0.446. The van der Waals surface area contributed by atoms with E-state index >= 15 is 0 Å². The van der Waals surface area contributed by atoms with Crippen LogP contribution in [0.25, 0.3) is 11.0 Å². The smallest absolute Gasteiger partial charge is 0.244 e. The van der Waals surface area contributed by atoms with E-state index in [1.165, 1.54) is 0 Å². The summed E-state index contributed by atoms with van der Waals surface area (Å²) in [5.41, 5.74) is 0.949. The molecular formula is C21H25NO3. The molecule has 1 amide bonds. The predicted molar refractivity (Wildman–Crippen MR) is 99.4 cm³/mol. The number of furan rings is 1. The number of unbranched alkanes of at least 4 members (excludes halogenated alkanes) is 1. The van der Waals surface area contributed by atoms with Gasteiger partial charge in [0, 0.05) is 31.0 Å². The van der Waals surface area contributed by atoms with Gasteiger partial charge in [-0.3, -0.25) is 4.79 Å². The standard InChI is InChI=1S/C21H25NO3/c23-21(22-16-19-11-8-14-24-19)13-5-3-1-2-4-10-18-15-17-9-6-7-12-20(17)25-18/h1,3,5-7,9,12-13,15,19H,2,4,8,10-11,14,16H2,(H,22,23)/b3-1+,13-5+. The van der Waals surface area contributed by atoms with E-state index in [9.17, 15) is 4.79 Å². The topological polar surface area (TPSA) is 51.5 Å². The second-order valence-electron chi connectivity index (χ2n) is 6.31. The Hall–Kier alpha value is -2.33. The molecule has 2 heterocycles. The highest BCUT2D eigenvalue weighted by atomic mass is 16.5. The molecule has 1 aliphatic heterocycles. The lowest BCUT2D eigenvalue weighted by Crippen LogP contribution is -2.30. The molecule has 0 saturated carbocycles. The van der Waals surface area contributed by atoms with Crippen LogP contribution in [0.5, 0.6) is 0 Å². The second kappa shape index (κ2) is 9.23. The number of aryl methyl sites for hydroxylation is 1. The molecule has 1 aromatic heterocycles. The number of carbonyl (C=O) groups excluding carboxylic acids is 1. The Kier molecular flexibility index (Phi) is 6.46. The van der Waals surface area contributed by atoms with Gasteiger partial charge >= 0.3 is 0 Å². The van der Waals surface area contributed by atoms with Gasteiger partial charge in [0.2, 0.25) is 5.91 Å². The van der Waals surface area contributed by atoms with Crippen molar-refractivity contribution in [2.45, 2.75) is 38.2 Å². The number of hydrogen-bond donors (Lipinski definition) is 1. The van der Waals surface area contributed by atoms with E-state index in [1.807, 2.05) is 24.3 Å². The summed E-state index contributed by atoms with van der Waals surface area (Å²) < 4.78 is 11.3. The maximum absolute atomic E-state index is 11.7. The van der Waals surface area contributed by atoms with Crippen LogP contribution in [0.1, 0.15) is 31.4 Å². The predicted octanol–water partition coefficient (Wildman–Crippen LogP) is 4.16. The van der Waals surface area contributed by atoms with Gasteiger partial charge < -0.3 is 14.5 Å². The lowest BCUT2D eigenvalue weighted by atomic mass is 10.2. The van der Waals surface area contributed by atoms with Crippen molar-refractivity contribution in [3.05, 3.63) is 60.4 Å². The van der Waals surface area contributed by atoms with Gasteiger partial charge in [0.25, 0.3) is 0 Å². The van der Waals surface area contributed by atoms with Gasteiger partial charge in [0.05, 0.1) is 6.10 Å². The van der Waals surface area contributed by atoms with Gasteiger partial charge in [0.1, 0.15) is 11.3 Å². The third kappa shape index (κ3) is 5.61. The number of nitrogens with one attached hydrogen (secondary N) is 1. The van der Waals surface area contributed by atoms with Gasteiger partial charge in [-0.25, -0.2) is 0 Å². The van der Waals surface area contributed by atoms with Crippen LogP contribution in [0.2, 0.25) is 0 Å². The van der Waals surface area contributed by atoms with Gasteiger partial charge in [-0.15, -0.1) is 0 Å². The minimum Gasteiger partial charge on any atom is -0.461 e. The van der Waals surface area contributed by atoms with Gasteiger partial charge in [-0.2, -0.15) is 0 Å². The van der Waals surface area contributed by atoms with Crippen molar-refractivity contribution < 1.29 is 13.9 Å². The molecule has 0 radical (unpaired) electrons. The van der Waals surface area contributed by atoms with E-state index in [2.05, 4.69) is 23.5 Å². The first-order valence-corrected chi connectivity index (χ1v) is 9.01. The summed E-state index contributed by atoms with van der Waals surface area (Å²) in [6, 6.07) is 10.2. The van der Waals surface area contributed by atoms with E-state index in [0.717, 1.165) is 55.4 Å². The summed E-state index contributed by atoms with van der Waals surface area (Å²) in [6.45, 7) is 1.41. The van der Waals surface area contributed by atoms with Crippen LogP contribution in [0.15, 0.2) is 59.1 Å². The van der Waals surface area contributed by atoms with Crippen LogP contribution in [0.4, 0.5) is 0 Å². The van der Waals surface area contributed by atoms with Crippen molar-refractivity contribution >= 4 is 16.9 Å². The maximum atomic E-state index is 11.7. The number of allylic oxidation sites excluding steroid dienone is 3. The molecule has 132 valence electrons. The van der Waals surface area contributed by atoms with Crippen LogP contribution >= 0.6 is 0 Å². The van der Waals surface area contributed by atoms with E-state index in [-0.39, 0.29) is 12.0 Å². The highest BCUT2D eigenvalue weighted by Crippen LogP contribution is 2.20. The van der Waals surface area contributed by atoms with E-state index in [4.69, 9.17) is 9.15 Å². The number of para-hydroxylation sites is 1. The minimum atomic E-state index is -0.0672. The molecule has 4 nitrogen and oxygen atoms in total. The van der Waals surface area contributed by atoms with Crippen molar-refractivity contribution in [1.29, 1.82) is 0 Å². The fourth-order valence-electron chi connectivity index (χ4n) is 2.95. The zero-order valence-electron chi connectivity index (χ0n) is 14.4. The first-order valence-electron chi connectivity index (χ1n) is 9.01. The van der Waals surface area contributed by atoms with Crippen molar-refractivity contribution in [1.82, 2.24) is 5.32 Å². The largest absolute Gasteiger partial charge is 0.461 e. The van der Waals surface area contributed by atoms with Crippen LogP contribution < -0.4 is 5.32 Å². The number of rotatable bonds is 8. The summed E-state index contributed by atoms with van der Waals surface area (Å²) in [7, 11) is 0. The monoisotopic (exact) mass is 339 g/mol. The zero-order valence-corrected chi connectivity index (χ0v) is 14.4. The lowest BCUT2D eigenvalue weighted by molar-refractivity contribution is -0.117. The van der Waals surface area contributed by atoms with Crippen LogP contribution in [0, 0.1) is 0 Å². The average molecular weight is 339 g/mol. The molecule has 0 spiro atoms. The molecule has 3 rings (SSSR count). The molecular weight excluding hydrogens is 314 g/mol. The number of ether oxygens (including phenoxy) is 1. The molecule has 1 saturated heterocycles. The first kappa shape index (κ1) is 17.5. The van der Waals surface area contributed by atoms with Crippen LogP contribution in [-0.4, -0.2) is 25.2 Å². The van der Waals surface area contributed by atoms with Crippen molar-refractivity contribution in [3.8, 4) is 0 Å². The van der Waals surface area contributed by atoms with Crippen LogP contribution in [0.3, 0.4) is 0 Å². The SMILES string of the molecule is O=C(/C=C/C=C/CCCc1cc2ccccc2o1)NCC1CCCO1. The van der Waals surface area contributed by atoms with Crippen molar-refractivity contribution in [2.75, 3.05) is 13.2 Å². The molecule has 0 bridgehead atoms. The Morgan fingerprint density at radius 2 is 2.20 bits per heavy atom.